The Balaban J connectivity index is 3.02. The molecule has 0 saturated heterocycles. The SMILES string of the molecule is CCOC(=O)Cc1ncc(Br)c(C(F)F)c1O. The lowest BCUT2D eigenvalue weighted by atomic mass is 10.1. The van der Waals surface area contributed by atoms with Crippen molar-refractivity contribution in [2.75, 3.05) is 6.61 Å². The first-order valence-corrected chi connectivity index (χ1v) is 5.56. The molecule has 0 aliphatic heterocycles. The van der Waals surface area contributed by atoms with Gasteiger partial charge < -0.3 is 9.84 Å². The molecule has 0 radical (unpaired) electrons. The summed E-state index contributed by atoms with van der Waals surface area (Å²) in [6.45, 7) is 1.80. The second kappa shape index (κ2) is 5.90. The number of pyridine rings is 1. The Bertz CT molecular complexity index is 426. The number of alkyl halides is 2. The first-order chi connectivity index (χ1) is 7.97. The van der Waals surface area contributed by atoms with Gasteiger partial charge in [-0.15, -0.1) is 0 Å². The number of hydrogen-bond acceptors (Lipinski definition) is 4. The Morgan fingerprint density at radius 3 is 2.82 bits per heavy atom. The molecule has 0 aliphatic carbocycles. The maximum Gasteiger partial charge on any atom is 0.312 e. The van der Waals surface area contributed by atoms with Crippen molar-refractivity contribution in [3.63, 3.8) is 0 Å². The topological polar surface area (TPSA) is 59.4 Å². The van der Waals surface area contributed by atoms with Gasteiger partial charge in [0.25, 0.3) is 6.43 Å². The number of aromatic hydroxyl groups is 1. The zero-order chi connectivity index (χ0) is 13.0. The van der Waals surface area contributed by atoms with Crippen molar-refractivity contribution in [2.24, 2.45) is 0 Å². The lowest BCUT2D eigenvalue weighted by Gasteiger charge is -2.09. The van der Waals surface area contributed by atoms with E-state index in [4.69, 9.17) is 0 Å². The largest absolute Gasteiger partial charge is 0.505 e. The first-order valence-electron chi connectivity index (χ1n) is 4.77. The number of aromatic nitrogens is 1. The molecule has 0 spiro atoms. The molecule has 0 amide bonds. The van der Waals surface area contributed by atoms with E-state index in [-0.39, 0.29) is 23.2 Å². The molecule has 0 aromatic carbocycles. The minimum Gasteiger partial charge on any atom is -0.505 e. The van der Waals surface area contributed by atoms with Crippen LogP contribution in [-0.2, 0) is 16.0 Å². The molecule has 0 aliphatic rings. The molecule has 1 N–H and O–H groups in total. The summed E-state index contributed by atoms with van der Waals surface area (Å²) in [5, 5.41) is 9.58. The van der Waals surface area contributed by atoms with Gasteiger partial charge in [0.05, 0.1) is 24.3 Å². The van der Waals surface area contributed by atoms with Crippen molar-refractivity contribution in [3.8, 4) is 5.75 Å². The fourth-order valence-corrected chi connectivity index (χ4v) is 1.68. The van der Waals surface area contributed by atoms with Crippen LogP contribution in [0, 0.1) is 0 Å². The van der Waals surface area contributed by atoms with Crippen molar-refractivity contribution >= 4 is 21.9 Å². The molecule has 1 rings (SSSR count). The van der Waals surface area contributed by atoms with E-state index in [0.717, 1.165) is 6.20 Å². The molecular weight excluding hydrogens is 300 g/mol. The lowest BCUT2D eigenvalue weighted by Crippen LogP contribution is -2.09. The van der Waals surface area contributed by atoms with Crippen LogP contribution in [-0.4, -0.2) is 22.7 Å². The smallest absolute Gasteiger partial charge is 0.312 e. The van der Waals surface area contributed by atoms with Gasteiger partial charge in [-0.3, -0.25) is 9.78 Å². The summed E-state index contributed by atoms with van der Waals surface area (Å²) in [5.74, 6) is -1.31. The van der Waals surface area contributed by atoms with E-state index in [1.165, 1.54) is 0 Å². The van der Waals surface area contributed by atoms with Gasteiger partial charge in [-0.25, -0.2) is 8.78 Å². The monoisotopic (exact) mass is 309 g/mol. The minimum atomic E-state index is -2.85. The van der Waals surface area contributed by atoms with E-state index in [9.17, 15) is 18.7 Å². The summed E-state index contributed by atoms with van der Waals surface area (Å²) in [5.41, 5.74) is -0.693. The molecular formula is C10H10BrF2NO3. The molecule has 0 saturated carbocycles. The third kappa shape index (κ3) is 3.36. The Hall–Kier alpha value is -1.24. The molecule has 1 aromatic heterocycles. The van der Waals surface area contributed by atoms with E-state index >= 15 is 0 Å². The second-order valence-electron chi connectivity index (χ2n) is 3.10. The van der Waals surface area contributed by atoms with Gasteiger partial charge >= 0.3 is 5.97 Å². The van der Waals surface area contributed by atoms with Crippen molar-refractivity contribution in [2.45, 2.75) is 19.8 Å². The van der Waals surface area contributed by atoms with Crippen LogP contribution in [0.15, 0.2) is 10.7 Å². The maximum absolute atomic E-state index is 12.6. The zero-order valence-corrected chi connectivity index (χ0v) is 10.5. The summed E-state index contributed by atoms with van der Waals surface area (Å²) >= 11 is 2.86. The average Bonchev–Trinajstić information content (AvgIpc) is 2.22. The minimum absolute atomic E-state index is 0.00221. The van der Waals surface area contributed by atoms with E-state index in [0.29, 0.717) is 0 Å². The molecule has 0 atom stereocenters. The van der Waals surface area contributed by atoms with Crippen LogP contribution in [0.4, 0.5) is 8.78 Å². The first kappa shape index (κ1) is 13.8. The van der Waals surface area contributed by atoms with E-state index in [1.807, 2.05) is 0 Å². The molecule has 0 unspecified atom stereocenters. The molecule has 94 valence electrons. The number of carbonyl (C=O) groups excluding carboxylic acids is 1. The Kier molecular flexibility index (Phi) is 4.80. The Morgan fingerprint density at radius 2 is 2.29 bits per heavy atom. The molecule has 0 bridgehead atoms. The van der Waals surface area contributed by atoms with E-state index in [2.05, 4.69) is 25.7 Å². The van der Waals surface area contributed by atoms with Crippen molar-refractivity contribution in [1.29, 1.82) is 0 Å². The highest BCUT2D eigenvalue weighted by Gasteiger charge is 2.22. The number of ether oxygens (including phenoxy) is 1. The Morgan fingerprint density at radius 1 is 1.65 bits per heavy atom. The number of carbonyl (C=O) groups is 1. The maximum atomic E-state index is 12.6. The molecule has 4 nitrogen and oxygen atoms in total. The van der Waals surface area contributed by atoms with Crippen LogP contribution >= 0.6 is 15.9 Å². The van der Waals surface area contributed by atoms with Gasteiger partial charge in [0.1, 0.15) is 5.75 Å². The number of halogens is 3. The summed E-state index contributed by atoms with van der Waals surface area (Å²) in [4.78, 5) is 14.9. The highest BCUT2D eigenvalue weighted by Crippen LogP contribution is 2.36. The van der Waals surface area contributed by atoms with Crippen molar-refractivity contribution < 1.29 is 23.4 Å². The summed E-state index contributed by atoms with van der Waals surface area (Å²) in [7, 11) is 0. The van der Waals surface area contributed by atoms with Crippen LogP contribution in [0.1, 0.15) is 24.6 Å². The van der Waals surface area contributed by atoms with E-state index < -0.39 is 23.7 Å². The normalized spacial score (nSPS) is 10.6. The fraction of sp³-hybridized carbons (Fsp3) is 0.400. The van der Waals surface area contributed by atoms with Crippen molar-refractivity contribution in [3.05, 3.63) is 21.9 Å². The van der Waals surface area contributed by atoms with Gasteiger partial charge in [0.15, 0.2) is 0 Å². The number of hydrogen-bond donors (Lipinski definition) is 1. The summed E-state index contributed by atoms with van der Waals surface area (Å²) < 4.78 is 29.9. The highest BCUT2D eigenvalue weighted by molar-refractivity contribution is 9.10. The number of esters is 1. The van der Waals surface area contributed by atoms with Gasteiger partial charge in [-0.1, -0.05) is 0 Å². The van der Waals surface area contributed by atoms with Gasteiger partial charge in [0.2, 0.25) is 0 Å². The van der Waals surface area contributed by atoms with Gasteiger partial charge in [-0.05, 0) is 22.9 Å². The van der Waals surface area contributed by atoms with Gasteiger partial charge in [-0.2, -0.15) is 0 Å². The lowest BCUT2D eigenvalue weighted by molar-refractivity contribution is -0.142. The van der Waals surface area contributed by atoms with Crippen LogP contribution in [0.5, 0.6) is 5.75 Å². The average molecular weight is 310 g/mol. The molecule has 0 fully saturated rings. The number of nitrogens with zero attached hydrogens (tertiary/aromatic N) is 1. The third-order valence-corrected chi connectivity index (χ3v) is 2.59. The fourth-order valence-electron chi connectivity index (χ4n) is 1.22. The molecule has 7 heteroatoms. The molecule has 1 aromatic rings. The highest BCUT2D eigenvalue weighted by atomic mass is 79.9. The third-order valence-electron chi connectivity index (χ3n) is 1.95. The zero-order valence-electron chi connectivity index (χ0n) is 8.91. The quantitative estimate of drug-likeness (QED) is 0.869. The van der Waals surface area contributed by atoms with Crippen LogP contribution in [0.2, 0.25) is 0 Å². The van der Waals surface area contributed by atoms with Crippen LogP contribution in [0.3, 0.4) is 0 Å². The summed E-state index contributed by atoms with van der Waals surface area (Å²) in [6, 6.07) is 0. The Labute approximate surface area is 105 Å². The molecule has 1 heterocycles. The van der Waals surface area contributed by atoms with Crippen molar-refractivity contribution in [1.82, 2.24) is 4.98 Å². The molecule has 17 heavy (non-hydrogen) atoms. The van der Waals surface area contributed by atoms with Crippen LogP contribution < -0.4 is 0 Å². The summed E-state index contributed by atoms with van der Waals surface area (Å²) in [6.07, 6.45) is -2.07. The predicted molar refractivity (Wildman–Crippen MR) is 58.9 cm³/mol. The van der Waals surface area contributed by atoms with Gasteiger partial charge in [0, 0.05) is 10.7 Å². The standard InChI is InChI=1S/C10H10BrF2NO3/c1-2-17-7(15)3-6-9(16)8(10(12)13)5(11)4-14-6/h4,10,16H,2-3H2,1H3. The van der Waals surface area contributed by atoms with E-state index in [1.54, 1.807) is 6.92 Å². The predicted octanol–water partition coefficient (Wildman–Crippen LogP) is 2.59. The number of rotatable bonds is 4. The van der Waals surface area contributed by atoms with Crippen LogP contribution in [0.25, 0.3) is 0 Å². The second-order valence-corrected chi connectivity index (χ2v) is 3.95.